The van der Waals surface area contributed by atoms with Crippen LogP contribution in [0, 0.1) is 5.92 Å². The first-order chi connectivity index (χ1) is 5.83. The summed E-state index contributed by atoms with van der Waals surface area (Å²) in [5.41, 5.74) is 0. The van der Waals surface area contributed by atoms with E-state index in [0.717, 1.165) is 26.7 Å². The van der Waals surface area contributed by atoms with Crippen molar-refractivity contribution in [1.82, 2.24) is 5.32 Å². The number of piperidine rings is 1. The smallest absolute Gasteiger partial charge is 0.220 e. The third kappa shape index (κ3) is 4.31. The second-order valence-corrected chi connectivity index (χ2v) is 2.66. The summed E-state index contributed by atoms with van der Waals surface area (Å²) in [5, 5.41) is 9.80. The van der Waals surface area contributed by atoms with Gasteiger partial charge in [-0.15, -0.1) is 0 Å². The highest BCUT2D eigenvalue weighted by molar-refractivity contribution is 5.76. The number of carbonyl (C=O) groups is 1. The van der Waals surface area contributed by atoms with Crippen LogP contribution in [0.1, 0.15) is 12.8 Å². The Morgan fingerprint density at radius 2 is 2.33 bits per heavy atom. The zero-order chi connectivity index (χ0) is 9.40. The molecule has 12 heavy (non-hydrogen) atoms. The molecule has 0 spiro atoms. The molecule has 1 heterocycles. The van der Waals surface area contributed by atoms with Gasteiger partial charge in [0.1, 0.15) is 0 Å². The molecule has 0 aromatic heterocycles. The van der Waals surface area contributed by atoms with Gasteiger partial charge in [-0.3, -0.25) is 4.79 Å². The zero-order valence-corrected chi connectivity index (χ0v) is 7.67. The molecule has 0 saturated carbocycles. The van der Waals surface area contributed by atoms with Crippen LogP contribution in [0.5, 0.6) is 0 Å². The van der Waals surface area contributed by atoms with E-state index in [2.05, 4.69) is 5.32 Å². The van der Waals surface area contributed by atoms with Gasteiger partial charge in [-0.1, -0.05) is 0 Å². The fourth-order valence-electron chi connectivity index (χ4n) is 1.16. The van der Waals surface area contributed by atoms with E-state index in [0.29, 0.717) is 12.3 Å². The molecule has 1 atom stereocenters. The first-order valence-corrected chi connectivity index (χ1v) is 4.03. The Bertz CT molecular complexity index is 117. The number of hydrogen-bond acceptors (Lipinski definition) is 3. The molecule has 72 valence electrons. The second kappa shape index (κ2) is 7.06. The van der Waals surface area contributed by atoms with Gasteiger partial charge < -0.3 is 15.2 Å². The summed E-state index contributed by atoms with van der Waals surface area (Å²) >= 11 is 0. The average Bonchev–Trinajstić information content (AvgIpc) is 2.13. The zero-order valence-electron chi connectivity index (χ0n) is 7.67. The predicted octanol–water partition coefficient (Wildman–Crippen LogP) is -0.233. The van der Waals surface area contributed by atoms with E-state index in [1.54, 1.807) is 7.11 Å². The Balaban J connectivity index is 0.000000561. The molecule has 1 aliphatic heterocycles. The Morgan fingerprint density at radius 1 is 1.67 bits per heavy atom. The van der Waals surface area contributed by atoms with Gasteiger partial charge in [-0.25, -0.2) is 0 Å². The number of rotatable bonds is 2. The van der Waals surface area contributed by atoms with Crippen LogP contribution in [-0.4, -0.2) is 38.4 Å². The highest BCUT2D eigenvalue weighted by Gasteiger charge is 2.16. The summed E-state index contributed by atoms with van der Waals surface area (Å²) in [6.45, 7) is 1.55. The third-order valence-electron chi connectivity index (χ3n) is 1.77. The van der Waals surface area contributed by atoms with Crippen LogP contribution in [-0.2, 0) is 9.53 Å². The van der Waals surface area contributed by atoms with E-state index in [1.807, 2.05) is 0 Å². The quantitative estimate of drug-likeness (QED) is 0.609. The first-order valence-electron chi connectivity index (χ1n) is 4.03. The Kier molecular flexibility index (Phi) is 6.70. The van der Waals surface area contributed by atoms with Gasteiger partial charge in [0.15, 0.2) is 0 Å². The number of hydrogen-bond donors (Lipinski definition) is 2. The summed E-state index contributed by atoms with van der Waals surface area (Å²) in [5.74, 6) is 0.704. The van der Waals surface area contributed by atoms with Crippen molar-refractivity contribution in [2.45, 2.75) is 12.8 Å². The average molecular weight is 175 g/mol. The lowest BCUT2D eigenvalue weighted by molar-refractivity contribution is -0.123. The number of carbonyl (C=O) groups excluding carboxylic acids is 1. The fourth-order valence-corrected chi connectivity index (χ4v) is 1.16. The lowest BCUT2D eigenvalue weighted by Gasteiger charge is -2.20. The van der Waals surface area contributed by atoms with Crippen molar-refractivity contribution in [2.75, 3.05) is 27.4 Å². The topological polar surface area (TPSA) is 58.6 Å². The van der Waals surface area contributed by atoms with Gasteiger partial charge in [-0.05, 0) is 6.42 Å². The molecule has 1 unspecified atom stereocenters. The summed E-state index contributed by atoms with van der Waals surface area (Å²) in [7, 11) is 2.69. The number of amides is 1. The molecule has 2 N–H and O–H groups in total. The standard InChI is InChI=1S/C7H13NO2.CH4O/c1-10-5-6-2-3-7(9)8-4-6;1-2/h6H,2-5H2,1H3,(H,8,9);2H,1H3. The molecule has 1 fully saturated rings. The highest BCUT2D eigenvalue weighted by atomic mass is 16.5. The van der Waals surface area contributed by atoms with Crippen molar-refractivity contribution in [1.29, 1.82) is 0 Å². The van der Waals surface area contributed by atoms with Gasteiger partial charge in [0.2, 0.25) is 5.91 Å². The minimum absolute atomic E-state index is 0.173. The summed E-state index contributed by atoms with van der Waals surface area (Å²) in [4.78, 5) is 10.7. The van der Waals surface area contributed by atoms with Gasteiger partial charge >= 0.3 is 0 Å². The molecule has 0 bridgehead atoms. The molecule has 1 amide bonds. The maximum atomic E-state index is 10.7. The monoisotopic (exact) mass is 175 g/mol. The van der Waals surface area contributed by atoms with E-state index in [9.17, 15) is 4.79 Å². The Hall–Kier alpha value is -0.610. The first kappa shape index (κ1) is 11.4. The van der Waals surface area contributed by atoms with Gasteiger partial charge in [0.05, 0.1) is 6.61 Å². The Morgan fingerprint density at radius 3 is 2.75 bits per heavy atom. The molecule has 1 saturated heterocycles. The van der Waals surface area contributed by atoms with Crippen LogP contribution in [0.3, 0.4) is 0 Å². The van der Waals surface area contributed by atoms with E-state index in [-0.39, 0.29) is 5.91 Å². The Labute approximate surface area is 72.9 Å². The molecule has 0 aromatic rings. The largest absolute Gasteiger partial charge is 0.400 e. The number of methoxy groups -OCH3 is 1. The van der Waals surface area contributed by atoms with Gasteiger partial charge in [0, 0.05) is 33.1 Å². The summed E-state index contributed by atoms with van der Waals surface area (Å²) in [6, 6.07) is 0. The molecular weight excluding hydrogens is 158 g/mol. The third-order valence-corrected chi connectivity index (χ3v) is 1.77. The lowest BCUT2D eigenvalue weighted by Crippen LogP contribution is -2.36. The van der Waals surface area contributed by atoms with Crippen molar-refractivity contribution >= 4 is 5.91 Å². The van der Waals surface area contributed by atoms with Crippen molar-refractivity contribution < 1.29 is 14.6 Å². The van der Waals surface area contributed by atoms with Crippen molar-refractivity contribution in [3.05, 3.63) is 0 Å². The van der Waals surface area contributed by atoms with Crippen LogP contribution >= 0.6 is 0 Å². The van der Waals surface area contributed by atoms with Crippen molar-refractivity contribution in [2.24, 2.45) is 5.92 Å². The molecule has 4 heteroatoms. The normalized spacial score (nSPS) is 22.2. The number of aliphatic hydroxyl groups excluding tert-OH is 1. The highest BCUT2D eigenvalue weighted by Crippen LogP contribution is 2.09. The van der Waals surface area contributed by atoms with Crippen LogP contribution in [0.4, 0.5) is 0 Å². The summed E-state index contributed by atoms with van der Waals surface area (Å²) in [6.07, 6.45) is 1.63. The maximum Gasteiger partial charge on any atom is 0.220 e. The van der Waals surface area contributed by atoms with E-state index < -0.39 is 0 Å². The molecule has 1 rings (SSSR count). The van der Waals surface area contributed by atoms with Crippen LogP contribution < -0.4 is 5.32 Å². The summed E-state index contributed by atoms with van der Waals surface area (Å²) < 4.78 is 4.97. The molecule has 0 aliphatic carbocycles. The van der Waals surface area contributed by atoms with Crippen molar-refractivity contribution in [3.63, 3.8) is 0 Å². The number of nitrogens with one attached hydrogen (secondary N) is 1. The van der Waals surface area contributed by atoms with Gasteiger partial charge in [0.25, 0.3) is 0 Å². The maximum absolute atomic E-state index is 10.7. The minimum Gasteiger partial charge on any atom is -0.400 e. The molecule has 1 aliphatic rings. The van der Waals surface area contributed by atoms with Crippen LogP contribution in [0.15, 0.2) is 0 Å². The van der Waals surface area contributed by atoms with Crippen molar-refractivity contribution in [3.8, 4) is 0 Å². The van der Waals surface area contributed by atoms with Crippen LogP contribution in [0.2, 0.25) is 0 Å². The molecular formula is C8H17NO3. The number of ether oxygens (including phenoxy) is 1. The fraction of sp³-hybridized carbons (Fsp3) is 0.875. The lowest BCUT2D eigenvalue weighted by atomic mass is 10.0. The number of aliphatic hydroxyl groups is 1. The van der Waals surface area contributed by atoms with Gasteiger partial charge in [-0.2, -0.15) is 0 Å². The van der Waals surface area contributed by atoms with E-state index >= 15 is 0 Å². The van der Waals surface area contributed by atoms with E-state index in [1.165, 1.54) is 0 Å². The minimum atomic E-state index is 0.173. The molecule has 0 aromatic carbocycles. The molecule has 4 nitrogen and oxygen atoms in total. The van der Waals surface area contributed by atoms with E-state index in [4.69, 9.17) is 9.84 Å². The molecule has 0 radical (unpaired) electrons. The predicted molar refractivity (Wildman–Crippen MR) is 45.8 cm³/mol. The SMILES string of the molecule is CO.COCC1CCC(=O)NC1. The van der Waals surface area contributed by atoms with Crippen LogP contribution in [0.25, 0.3) is 0 Å². The second-order valence-electron chi connectivity index (χ2n) is 2.66.